The van der Waals surface area contributed by atoms with E-state index in [1.165, 1.54) is 6.42 Å². The molecule has 1 aliphatic rings. The molecular formula is C19H28BrClN2OS2. The van der Waals surface area contributed by atoms with Crippen molar-refractivity contribution in [2.45, 2.75) is 82.9 Å². The first-order valence-electron chi connectivity index (χ1n) is 9.08. The Hall–Kier alpha value is 0.230. The van der Waals surface area contributed by atoms with Crippen LogP contribution in [0.25, 0.3) is 0 Å². The number of nitrogens with zero attached hydrogens (tertiary/aromatic N) is 1. The minimum atomic E-state index is -1.23. The van der Waals surface area contributed by atoms with E-state index < -0.39 is 16.9 Å². The number of thiophene rings is 1. The van der Waals surface area contributed by atoms with Gasteiger partial charge in [0.2, 0.25) is 0 Å². The Bertz CT molecular complexity index is 661. The van der Waals surface area contributed by atoms with Gasteiger partial charge in [0.1, 0.15) is 4.75 Å². The van der Waals surface area contributed by atoms with E-state index >= 15 is 0 Å². The van der Waals surface area contributed by atoms with Crippen molar-refractivity contribution < 1.29 is 4.55 Å². The molecule has 0 radical (unpaired) electrons. The van der Waals surface area contributed by atoms with E-state index in [0.29, 0.717) is 5.02 Å². The van der Waals surface area contributed by atoms with Crippen molar-refractivity contribution in [3.05, 3.63) is 19.8 Å². The smallest absolute Gasteiger partial charge is 0.136 e. The summed E-state index contributed by atoms with van der Waals surface area (Å²) in [6, 6.07) is 4.49. The maximum Gasteiger partial charge on any atom is 0.136 e. The van der Waals surface area contributed by atoms with Crippen LogP contribution in [0.1, 0.15) is 77.5 Å². The van der Waals surface area contributed by atoms with E-state index in [2.05, 4.69) is 33.6 Å². The summed E-state index contributed by atoms with van der Waals surface area (Å²) in [6.07, 6.45) is 6.91. The normalized spacial score (nSPS) is 21.0. The van der Waals surface area contributed by atoms with E-state index in [9.17, 15) is 9.81 Å². The predicted octanol–water partition coefficient (Wildman–Crippen LogP) is 6.69. The highest BCUT2D eigenvalue weighted by Gasteiger charge is 2.42. The fourth-order valence-corrected chi connectivity index (χ4v) is 6.66. The first-order chi connectivity index (χ1) is 12.0. The van der Waals surface area contributed by atoms with E-state index in [1.54, 1.807) is 11.3 Å². The second-order valence-corrected chi connectivity index (χ2v) is 13.3. The van der Waals surface area contributed by atoms with Gasteiger partial charge in [-0.3, -0.25) is 0 Å². The first-order valence-corrected chi connectivity index (χ1v) is 12.2. The van der Waals surface area contributed by atoms with E-state index in [1.807, 2.05) is 26.8 Å². The Morgan fingerprint density at radius 3 is 2.42 bits per heavy atom. The number of rotatable bonds is 6. The molecule has 26 heavy (non-hydrogen) atoms. The highest BCUT2D eigenvalue weighted by molar-refractivity contribution is 9.11. The number of hydrogen-bond donors (Lipinski definition) is 1. The molecule has 146 valence electrons. The molecule has 0 aromatic carbocycles. The molecular weight excluding hydrogens is 452 g/mol. The zero-order chi connectivity index (χ0) is 19.6. The third kappa shape index (κ3) is 5.40. The fraction of sp³-hybridized carbons (Fsp3) is 0.737. The van der Waals surface area contributed by atoms with Crippen molar-refractivity contribution in [2.24, 2.45) is 5.41 Å². The molecule has 1 aliphatic carbocycles. The molecule has 0 amide bonds. The van der Waals surface area contributed by atoms with Gasteiger partial charge in [-0.2, -0.15) is 5.26 Å². The maximum atomic E-state index is 12.9. The molecule has 1 unspecified atom stereocenters. The molecule has 3 nitrogen and oxygen atoms in total. The monoisotopic (exact) mass is 478 g/mol. The Labute approximate surface area is 178 Å². The summed E-state index contributed by atoms with van der Waals surface area (Å²) in [5.41, 5.74) is -0.793. The van der Waals surface area contributed by atoms with Crippen LogP contribution in [-0.4, -0.2) is 9.30 Å². The number of halogens is 2. The molecule has 0 saturated heterocycles. The molecule has 1 aromatic rings. The van der Waals surface area contributed by atoms with Gasteiger partial charge in [0.25, 0.3) is 0 Å². The molecule has 0 aliphatic heterocycles. The zero-order valence-electron chi connectivity index (χ0n) is 16.0. The largest absolute Gasteiger partial charge is 0.598 e. The van der Waals surface area contributed by atoms with Gasteiger partial charge in [-0.1, -0.05) is 30.9 Å². The van der Waals surface area contributed by atoms with E-state index in [0.717, 1.165) is 47.2 Å². The fourth-order valence-electron chi connectivity index (χ4n) is 3.42. The standard InChI is InChI=1S/C19H28BrClN2OS2/c1-17(2,3)26(24)23-18(4,16-14(21)12-15(20)25-16)10-11-19(13-22)8-6-5-7-9-19/h12,23H,5-11H2,1-4H3/t18-,26?/m0/s1. The number of nitriles is 1. The Kier molecular flexibility index (Phi) is 7.55. The number of nitrogens with one attached hydrogen (secondary N) is 1. The SMILES string of the molecule is CC(C)(C)[S+]([O-])N[C@@](C)(CCC1(C#N)CCCCC1)c1sc(Br)cc1Cl. The third-order valence-corrected chi connectivity index (χ3v) is 9.24. The quantitative estimate of drug-likeness (QED) is 0.463. The van der Waals surface area contributed by atoms with Crippen molar-refractivity contribution in [2.75, 3.05) is 0 Å². The van der Waals surface area contributed by atoms with Crippen LogP contribution in [0, 0.1) is 16.7 Å². The van der Waals surface area contributed by atoms with Gasteiger partial charge in [-0.25, -0.2) is 0 Å². The van der Waals surface area contributed by atoms with Crippen molar-refractivity contribution in [1.29, 1.82) is 5.26 Å². The average molecular weight is 480 g/mol. The van der Waals surface area contributed by atoms with Crippen molar-refractivity contribution in [3.8, 4) is 6.07 Å². The lowest BCUT2D eigenvalue weighted by atomic mass is 9.70. The molecule has 0 spiro atoms. The maximum absolute atomic E-state index is 12.9. The van der Waals surface area contributed by atoms with Crippen LogP contribution in [0.4, 0.5) is 0 Å². The van der Waals surface area contributed by atoms with E-state index in [-0.39, 0.29) is 10.2 Å². The Morgan fingerprint density at radius 2 is 1.96 bits per heavy atom. The number of hydrogen-bond acceptors (Lipinski definition) is 4. The van der Waals surface area contributed by atoms with Crippen LogP contribution in [-0.2, 0) is 16.9 Å². The molecule has 1 aromatic heterocycles. The van der Waals surface area contributed by atoms with Crippen molar-refractivity contribution in [1.82, 2.24) is 4.72 Å². The summed E-state index contributed by atoms with van der Waals surface area (Å²) < 4.78 is 16.8. The summed E-state index contributed by atoms with van der Waals surface area (Å²) >= 11 is 10.3. The van der Waals surface area contributed by atoms with Gasteiger partial charge in [-0.15, -0.1) is 16.1 Å². The lowest BCUT2D eigenvalue weighted by Crippen LogP contribution is -2.50. The van der Waals surface area contributed by atoms with Crippen LogP contribution >= 0.6 is 38.9 Å². The molecule has 1 N–H and O–H groups in total. The highest BCUT2D eigenvalue weighted by Crippen LogP contribution is 2.46. The highest BCUT2D eigenvalue weighted by atomic mass is 79.9. The Morgan fingerprint density at radius 1 is 1.35 bits per heavy atom. The lowest BCUT2D eigenvalue weighted by molar-refractivity contribution is 0.218. The van der Waals surface area contributed by atoms with Gasteiger partial charge < -0.3 is 4.55 Å². The minimum Gasteiger partial charge on any atom is -0.598 e. The lowest BCUT2D eigenvalue weighted by Gasteiger charge is -2.38. The predicted molar refractivity (Wildman–Crippen MR) is 116 cm³/mol. The van der Waals surface area contributed by atoms with Crippen molar-refractivity contribution >= 4 is 50.2 Å². The third-order valence-electron chi connectivity index (χ3n) is 5.18. The van der Waals surface area contributed by atoms with Crippen molar-refractivity contribution in [3.63, 3.8) is 0 Å². The molecule has 2 atom stereocenters. The average Bonchev–Trinajstić information content (AvgIpc) is 2.92. The summed E-state index contributed by atoms with van der Waals surface area (Å²) in [7, 11) is 0. The summed E-state index contributed by atoms with van der Waals surface area (Å²) in [4.78, 5) is 0.979. The summed E-state index contributed by atoms with van der Waals surface area (Å²) in [6.45, 7) is 7.94. The molecule has 7 heteroatoms. The van der Waals surface area contributed by atoms with Gasteiger partial charge in [0.15, 0.2) is 0 Å². The van der Waals surface area contributed by atoms with Gasteiger partial charge in [0, 0.05) is 16.2 Å². The van der Waals surface area contributed by atoms with Gasteiger partial charge in [0.05, 0.1) is 25.8 Å². The van der Waals surface area contributed by atoms with E-state index in [4.69, 9.17) is 11.6 Å². The molecule has 0 bridgehead atoms. The van der Waals surface area contributed by atoms with Crippen LogP contribution < -0.4 is 4.72 Å². The zero-order valence-corrected chi connectivity index (χ0v) is 19.9. The molecule has 1 fully saturated rings. The summed E-state index contributed by atoms with van der Waals surface area (Å²) in [5.74, 6) is 0. The molecule has 2 rings (SSSR count). The molecule has 1 saturated carbocycles. The van der Waals surface area contributed by atoms with Crippen LogP contribution in [0.2, 0.25) is 5.02 Å². The van der Waals surface area contributed by atoms with Gasteiger partial charge >= 0.3 is 0 Å². The summed E-state index contributed by atoms with van der Waals surface area (Å²) in [5, 5.41) is 10.5. The first kappa shape index (κ1) is 22.5. The van der Waals surface area contributed by atoms with Crippen LogP contribution in [0.15, 0.2) is 9.85 Å². The van der Waals surface area contributed by atoms with Crippen LogP contribution in [0.5, 0.6) is 0 Å². The minimum absolute atomic E-state index is 0.259. The van der Waals surface area contributed by atoms with Gasteiger partial charge in [-0.05, 0) is 75.4 Å². The van der Waals surface area contributed by atoms with Crippen LogP contribution in [0.3, 0.4) is 0 Å². The molecule has 1 heterocycles. The second kappa shape index (κ2) is 8.71. The second-order valence-electron chi connectivity index (χ2n) is 8.50. The Balaban J connectivity index is 2.28. The topological polar surface area (TPSA) is 58.9 Å².